The number of hydrogen-bond donors (Lipinski definition) is 0. The molecule has 17 heavy (non-hydrogen) atoms. The lowest BCUT2D eigenvalue weighted by molar-refractivity contribution is 0.436. The van der Waals surface area contributed by atoms with E-state index in [1.807, 2.05) is 0 Å². The van der Waals surface area contributed by atoms with Gasteiger partial charge in [-0.2, -0.15) is 0 Å². The van der Waals surface area contributed by atoms with Crippen LogP contribution in [0.1, 0.15) is 49.9 Å². The lowest BCUT2D eigenvalue weighted by Crippen LogP contribution is -2.08. The summed E-state index contributed by atoms with van der Waals surface area (Å²) in [7, 11) is 0. The lowest BCUT2D eigenvalue weighted by atomic mass is 9.91. The highest BCUT2D eigenvalue weighted by atomic mass is 79.9. The fourth-order valence-electron chi connectivity index (χ4n) is 2.00. The summed E-state index contributed by atoms with van der Waals surface area (Å²) >= 11 is 3.56. The second kappa shape index (κ2) is 7.10. The Balaban J connectivity index is 2.81. The average Bonchev–Trinajstić information content (AvgIpc) is 2.29. The van der Waals surface area contributed by atoms with E-state index in [-0.39, 0.29) is 4.83 Å². The number of unbranched alkanes of at least 4 members (excludes halogenated alkanes) is 1. The van der Waals surface area contributed by atoms with Gasteiger partial charge in [0.1, 0.15) is 11.6 Å². The van der Waals surface area contributed by atoms with Gasteiger partial charge in [0, 0.05) is 16.5 Å². The second-order valence-corrected chi connectivity index (χ2v) is 5.36. The fraction of sp³-hybridized carbons (Fsp3) is 0.571. The van der Waals surface area contributed by atoms with Gasteiger partial charge in [-0.05, 0) is 18.4 Å². The molecule has 2 atom stereocenters. The molecule has 0 bridgehead atoms. The molecule has 0 heterocycles. The molecule has 0 radical (unpaired) electrons. The number of benzene rings is 1. The predicted molar refractivity (Wildman–Crippen MR) is 71.3 cm³/mol. The van der Waals surface area contributed by atoms with E-state index in [0.29, 0.717) is 11.5 Å². The molecule has 96 valence electrons. The Morgan fingerprint density at radius 3 is 2.47 bits per heavy atom. The van der Waals surface area contributed by atoms with Crippen molar-refractivity contribution < 1.29 is 8.78 Å². The van der Waals surface area contributed by atoms with Crippen molar-refractivity contribution in [2.45, 2.75) is 44.4 Å². The summed E-state index contributed by atoms with van der Waals surface area (Å²) in [5, 5.41) is 0. The van der Waals surface area contributed by atoms with Gasteiger partial charge in [-0.1, -0.05) is 55.1 Å². The zero-order valence-corrected chi connectivity index (χ0v) is 11.9. The van der Waals surface area contributed by atoms with Gasteiger partial charge in [0.15, 0.2) is 0 Å². The third-order valence-electron chi connectivity index (χ3n) is 3.13. The lowest BCUT2D eigenvalue weighted by Gasteiger charge is -2.21. The van der Waals surface area contributed by atoms with E-state index in [9.17, 15) is 8.78 Å². The molecule has 0 saturated carbocycles. The maximum Gasteiger partial charge on any atom is 0.130 e. The largest absolute Gasteiger partial charge is 0.207 e. The molecular weight excluding hydrogens is 286 g/mol. The third kappa shape index (κ3) is 4.06. The van der Waals surface area contributed by atoms with Gasteiger partial charge in [-0.3, -0.25) is 0 Å². The van der Waals surface area contributed by atoms with Crippen molar-refractivity contribution in [3.05, 3.63) is 35.4 Å². The van der Waals surface area contributed by atoms with Gasteiger partial charge < -0.3 is 0 Å². The number of rotatable bonds is 6. The first-order valence-electron chi connectivity index (χ1n) is 6.19. The van der Waals surface area contributed by atoms with E-state index in [0.717, 1.165) is 31.7 Å². The Labute approximate surface area is 111 Å². The maximum atomic E-state index is 13.6. The average molecular weight is 305 g/mol. The molecule has 0 nitrogen and oxygen atoms in total. The summed E-state index contributed by atoms with van der Waals surface area (Å²) < 4.78 is 26.5. The van der Waals surface area contributed by atoms with E-state index in [1.54, 1.807) is 6.07 Å². The van der Waals surface area contributed by atoms with E-state index in [2.05, 4.69) is 29.8 Å². The molecule has 0 aliphatic heterocycles. The minimum Gasteiger partial charge on any atom is -0.207 e. The van der Waals surface area contributed by atoms with Gasteiger partial charge in [0.2, 0.25) is 0 Å². The molecule has 0 aliphatic carbocycles. The van der Waals surface area contributed by atoms with Gasteiger partial charge in [0.25, 0.3) is 0 Å². The van der Waals surface area contributed by atoms with Crippen LogP contribution < -0.4 is 0 Å². The number of halogens is 3. The van der Waals surface area contributed by atoms with Crippen molar-refractivity contribution in [1.29, 1.82) is 0 Å². The quantitative estimate of drug-likeness (QED) is 0.599. The van der Waals surface area contributed by atoms with Crippen molar-refractivity contribution in [1.82, 2.24) is 0 Å². The highest BCUT2D eigenvalue weighted by molar-refractivity contribution is 9.09. The van der Waals surface area contributed by atoms with E-state index >= 15 is 0 Å². The topological polar surface area (TPSA) is 0 Å². The highest BCUT2D eigenvalue weighted by Gasteiger charge is 2.21. The van der Waals surface area contributed by atoms with Gasteiger partial charge in [-0.15, -0.1) is 0 Å². The SMILES string of the molecule is CCCCC(CC)C(Br)c1ccc(F)cc1F. The monoisotopic (exact) mass is 304 g/mol. The Morgan fingerprint density at radius 2 is 1.94 bits per heavy atom. The predicted octanol–water partition coefficient (Wildman–Crippen LogP) is 5.62. The van der Waals surface area contributed by atoms with Gasteiger partial charge in [0.05, 0.1) is 0 Å². The summed E-state index contributed by atoms with van der Waals surface area (Å²) in [5.41, 5.74) is 0.564. The van der Waals surface area contributed by atoms with Crippen molar-refractivity contribution in [2.75, 3.05) is 0 Å². The molecule has 1 rings (SSSR count). The number of hydrogen-bond acceptors (Lipinski definition) is 0. The molecule has 0 aromatic heterocycles. The van der Waals surface area contributed by atoms with Crippen LogP contribution in [0.5, 0.6) is 0 Å². The van der Waals surface area contributed by atoms with Crippen LogP contribution in [-0.2, 0) is 0 Å². The van der Waals surface area contributed by atoms with Crippen LogP contribution >= 0.6 is 15.9 Å². The first-order valence-corrected chi connectivity index (χ1v) is 7.10. The summed E-state index contributed by atoms with van der Waals surface area (Å²) in [5.74, 6) is -0.579. The van der Waals surface area contributed by atoms with E-state index < -0.39 is 11.6 Å². The molecular formula is C14H19BrF2. The molecule has 0 N–H and O–H groups in total. The number of alkyl halides is 1. The van der Waals surface area contributed by atoms with Gasteiger partial charge >= 0.3 is 0 Å². The Bertz CT molecular complexity index is 352. The molecule has 0 amide bonds. The fourth-order valence-corrected chi connectivity index (χ4v) is 3.01. The summed E-state index contributed by atoms with van der Waals surface area (Å²) in [6.45, 7) is 4.25. The Kier molecular flexibility index (Phi) is 6.10. The Hall–Kier alpha value is -0.440. The van der Waals surface area contributed by atoms with Crippen molar-refractivity contribution in [3.63, 3.8) is 0 Å². The molecule has 2 unspecified atom stereocenters. The first-order chi connectivity index (χ1) is 8.10. The second-order valence-electron chi connectivity index (χ2n) is 4.38. The molecule has 1 aromatic carbocycles. The molecule has 0 aliphatic rings. The van der Waals surface area contributed by atoms with Crippen LogP contribution in [0.25, 0.3) is 0 Å². The van der Waals surface area contributed by atoms with E-state index in [1.165, 1.54) is 6.07 Å². The zero-order valence-electron chi connectivity index (χ0n) is 10.3. The van der Waals surface area contributed by atoms with Crippen LogP contribution in [0.2, 0.25) is 0 Å². The van der Waals surface area contributed by atoms with Crippen LogP contribution in [0.15, 0.2) is 18.2 Å². The summed E-state index contributed by atoms with van der Waals surface area (Å²) in [6.07, 6.45) is 4.35. The summed E-state index contributed by atoms with van der Waals surface area (Å²) in [4.78, 5) is -0.0281. The highest BCUT2D eigenvalue weighted by Crippen LogP contribution is 2.37. The van der Waals surface area contributed by atoms with Crippen molar-refractivity contribution in [2.24, 2.45) is 5.92 Å². The first kappa shape index (κ1) is 14.6. The standard InChI is InChI=1S/C14H19BrF2/c1-3-5-6-10(4-2)14(15)12-8-7-11(16)9-13(12)17/h7-10,14H,3-6H2,1-2H3. The Morgan fingerprint density at radius 1 is 1.24 bits per heavy atom. The third-order valence-corrected chi connectivity index (χ3v) is 4.37. The van der Waals surface area contributed by atoms with E-state index in [4.69, 9.17) is 0 Å². The van der Waals surface area contributed by atoms with Gasteiger partial charge in [-0.25, -0.2) is 8.78 Å². The molecule has 0 spiro atoms. The van der Waals surface area contributed by atoms with Crippen molar-refractivity contribution >= 4 is 15.9 Å². The molecule has 0 saturated heterocycles. The van der Waals surface area contributed by atoms with Crippen molar-refractivity contribution in [3.8, 4) is 0 Å². The minimum atomic E-state index is -0.521. The summed E-state index contributed by atoms with van der Waals surface area (Å²) in [6, 6.07) is 3.81. The maximum absolute atomic E-state index is 13.6. The van der Waals surface area contributed by atoms with Crippen LogP contribution in [-0.4, -0.2) is 0 Å². The van der Waals surface area contributed by atoms with Crippen LogP contribution in [0.4, 0.5) is 8.78 Å². The zero-order chi connectivity index (χ0) is 12.8. The minimum absolute atomic E-state index is 0.0281. The normalized spacial score (nSPS) is 14.6. The molecule has 1 aromatic rings. The smallest absolute Gasteiger partial charge is 0.130 e. The van der Waals surface area contributed by atoms with Crippen LogP contribution in [0.3, 0.4) is 0 Å². The molecule has 0 fully saturated rings. The van der Waals surface area contributed by atoms with Crippen LogP contribution in [0, 0.1) is 17.6 Å². The molecule has 3 heteroatoms.